The van der Waals surface area contributed by atoms with Gasteiger partial charge in [-0.05, 0) is 60.6 Å². The number of anilines is 1. The Bertz CT molecular complexity index is 1120. The largest absolute Gasteiger partial charge is 0.494 e. The molecular formula is C27H29N3O3S. The predicted octanol–water partition coefficient (Wildman–Crippen LogP) is 4.95. The fraction of sp³-hybridized carbons (Fsp3) is 0.222. The maximum atomic E-state index is 12.9. The van der Waals surface area contributed by atoms with E-state index >= 15 is 0 Å². The van der Waals surface area contributed by atoms with Crippen LogP contribution in [0.5, 0.6) is 5.75 Å². The van der Waals surface area contributed by atoms with Crippen LogP contribution >= 0.6 is 12.2 Å². The quantitative estimate of drug-likeness (QED) is 0.339. The van der Waals surface area contributed by atoms with Crippen molar-refractivity contribution in [2.75, 3.05) is 18.6 Å². The summed E-state index contributed by atoms with van der Waals surface area (Å²) in [7, 11) is 1.72. The Morgan fingerprint density at radius 1 is 0.912 bits per heavy atom. The summed E-state index contributed by atoms with van der Waals surface area (Å²) in [5.41, 5.74) is 2.53. The van der Waals surface area contributed by atoms with Gasteiger partial charge in [-0.3, -0.25) is 14.9 Å². The van der Waals surface area contributed by atoms with Crippen molar-refractivity contribution in [3.8, 4) is 5.75 Å². The highest BCUT2D eigenvalue weighted by atomic mass is 32.1. The normalized spacial score (nSPS) is 10.3. The molecule has 0 unspecified atom stereocenters. The highest BCUT2D eigenvalue weighted by Crippen LogP contribution is 2.20. The molecule has 34 heavy (non-hydrogen) atoms. The van der Waals surface area contributed by atoms with Crippen LogP contribution in [0.2, 0.25) is 0 Å². The Morgan fingerprint density at radius 2 is 1.59 bits per heavy atom. The van der Waals surface area contributed by atoms with E-state index in [4.69, 9.17) is 17.0 Å². The zero-order chi connectivity index (χ0) is 24.3. The third-order valence-corrected chi connectivity index (χ3v) is 5.59. The minimum atomic E-state index is -0.331. The number of ether oxygens (including phenoxy) is 1. The molecule has 0 radical (unpaired) electrons. The molecule has 2 N–H and O–H groups in total. The van der Waals surface area contributed by atoms with E-state index in [0.29, 0.717) is 30.0 Å². The number of hydrogen-bond acceptors (Lipinski definition) is 4. The Labute approximate surface area is 205 Å². The first-order valence-electron chi connectivity index (χ1n) is 11.2. The zero-order valence-corrected chi connectivity index (χ0v) is 20.2. The van der Waals surface area contributed by atoms with E-state index < -0.39 is 0 Å². The van der Waals surface area contributed by atoms with E-state index in [1.807, 2.05) is 36.4 Å². The number of hydrogen-bond donors (Lipinski definition) is 2. The number of thiocarbonyl (C=S) groups is 1. The molecule has 0 fully saturated rings. The zero-order valence-electron chi connectivity index (χ0n) is 19.4. The van der Waals surface area contributed by atoms with Crippen LogP contribution in [0.15, 0.2) is 78.9 Å². The molecule has 3 aromatic carbocycles. The Kier molecular flexibility index (Phi) is 9.17. The van der Waals surface area contributed by atoms with Crippen molar-refractivity contribution in [2.45, 2.75) is 26.3 Å². The molecule has 2 amide bonds. The molecule has 3 aromatic rings. The van der Waals surface area contributed by atoms with Gasteiger partial charge in [-0.25, -0.2) is 0 Å². The third kappa shape index (κ3) is 6.89. The van der Waals surface area contributed by atoms with Crippen LogP contribution < -0.4 is 20.3 Å². The van der Waals surface area contributed by atoms with Gasteiger partial charge in [-0.15, -0.1) is 0 Å². The lowest BCUT2D eigenvalue weighted by atomic mass is 10.1. The molecular weight excluding hydrogens is 446 g/mol. The summed E-state index contributed by atoms with van der Waals surface area (Å²) in [5.74, 6) is 0.169. The Hall–Kier alpha value is -3.71. The lowest BCUT2D eigenvalue weighted by molar-refractivity contribution is 0.0949. The number of carbonyl (C=O) groups is 2. The third-order valence-electron chi connectivity index (χ3n) is 5.21. The average molecular weight is 476 g/mol. The topological polar surface area (TPSA) is 70.7 Å². The second-order valence-electron chi connectivity index (χ2n) is 7.73. The Balaban J connectivity index is 1.62. The predicted molar refractivity (Wildman–Crippen MR) is 139 cm³/mol. The second-order valence-corrected chi connectivity index (χ2v) is 8.12. The van der Waals surface area contributed by atoms with Crippen LogP contribution in [0.1, 0.15) is 46.0 Å². The highest BCUT2D eigenvalue weighted by Gasteiger charge is 2.18. The average Bonchev–Trinajstić information content (AvgIpc) is 2.88. The number of nitrogens with zero attached hydrogens (tertiary/aromatic N) is 1. The molecule has 7 heteroatoms. The highest BCUT2D eigenvalue weighted by molar-refractivity contribution is 7.80. The van der Waals surface area contributed by atoms with Crippen molar-refractivity contribution in [2.24, 2.45) is 0 Å². The standard InChI is InChI=1S/C27H29N3O3S/c1-3-4-18-33-22-16-14-21(15-17-22)25(31)29-27(34)30(2)24-13-9-8-12-23(24)26(32)28-19-20-10-6-5-7-11-20/h5-17H,3-4,18-19H2,1-2H3,(H,28,32)(H,29,31,34). The number of unbranched alkanes of at least 4 members (excludes halogenated alkanes) is 1. The van der Waals surface area contributed by atoms with E-state index in [2.05, 4.69) is 17.6 Å². The summed E-state index contributed by atoms with van der Waals surface area (Å²) in [6, 6.07) is 23.8. The van der Waals surface area contributed by atoms with Crippen LogP contribution in [-0.4, -0.2) is 30.6 Å². The van der Waals surface area contributed by atoms with Gasteiger partial charge in [0.1, 0.15) is 5.75 Å². The van der Waals surface area contributed by atoms with Gasteiger partial charge in [0.15, 0.2) is 5.11 Å². The number of benzene rings is 3. The van der Waals surface area contributed by atoms with Gasteiger partial charge in [0, 0.05) is 19.2 Å². The molecule has 0 aliphatic heterocycles. The van der Waals surface area contributed by atoms with Crippen molar-refractivity contribution in [1.82, 2.24) is 10.6 Å². The molecule has 3 rings (SSSR count). The van der Waals surface area contributed by atoms with Crippen LogP contribution in [0.3, 0.4) is 0 Å². The lowest BCUT2D eigenvalue weighted by Gasteiger charge is -2.23. The van der Waals surface area contributed by atoms with Gasteiger partial charge in [0.2, 0.25) is 0 Å². The molecule has 6 nitrogen and oxygen atoms in total. The molecule has 0 aliphatic rings. The first-order valence-corrected chi connectivity index (χ1v) is 11.6. The monoisotopic (exact) mass is 475 g/mol. The van der Waals surface area contributed by atoms with E-state index in [9.17, 15) is 9.59 Å². The maximum Gasteiger partial charge on any atom is 0.257 e. The van der Waals surface area contributed by atoms with Gasteiger partial charge < -0.3 is 15.0 Å². The molecule has 0 aliphatic carbocycles. The Morgan fingerprint density at radius 3 is 2.29 bits per heavy atom. The summed E-state index contributed by atoms with van der Waals surface area (Å²) in [6.45, 7) is 3.17. The van der Waals surface area contributed by atoms with Crippen molar-refractivity contribution < 1.29 is 14.3 Å². The molecule has 176 valence electrons. The fourth-order valence-corrected chi connectivity index (χ4v) is 3.42. The molecule has 0 bridgehead atoms. The van der Waals surface area contributed by atoms with E-state index in [0.717, 1.165) is 24.2 Å². The number of carbonyl (C=O) groups excluding carboxylic acids is 2. The van der Waals surface area contributed by atoms with Crippen molar-refractivity contribution in [3.63, 3.8) is 0 Å². The molecule has 0 heterocycles. The van der Waals surface area contributed by atoms with E-state index in [1.54, 1.807) is 54.4 Å². The SMILES string of the molecule is CCCCOc1ccc(C(=O)NC(=S)N(C)c2ccccc2C(=O)NCc2ccccc2)cc1. The number of amides is 2. The van der Waals surface area contributed by atoms with Crippen LogP contribution in [0, 0.1) is 0 Å². The van der Waals surface area contributed by atoms with E-state index in [1.165, 1.54) is 0 Å². The van der Waals surface area contributed by atoms with Gasteiger partial charge >= 0.3 is 0 Å². The van der Waals surface area contributed by atoms with Gasteiger partial charge in [0.25, 0.3) is 11.8 Å². The van der Waals surface area contributed by atoms with Gasteiger partial charge in [-0.1, -0.05) is 55.8 Å². The molecule has 0 saturated carbocycles. The summed E-state index contributed by atoms with van der Waals surface area (Å²) in [5, 5.41) is 5.86. The van der Waals surface area contributed by atoms with Gasteiger partial charge in [0.05, 0.1) is 17.9 Å². The number of para-hydroxylation sites is 1. The maximum absolute atomic E-state index is 12.9. The van der Waals surface area contributed by atoms with Crippen molar-refractivity contribution >= 4 is 34.8 Å². The molecule has 0 saturated heterocycles. The van der Waals surface area contributed by atoms with Gasteiger partial charge in [-0.2, -0.15) is 0 Å². The minimum Gasteiger partial charge on any atom is -0.494 e. The molecule has 0 aromatic heterocycles. The van der Waals surface area contributed by atoms with Crippen molar-refractivity contribution in [3.05, 3.63) is 95.6 Å². The smallest absolute Gasteiger partial charge is 0.257 e. The van der Waals surface area contributed by atoms with Crippen LogP contribution in [0.25, 0.3) is 0 Å². The summed E-state index contributed by atoms with van der Waals surface area (Å²) >= 11 is 5.46. The van der Waals surface area contributed by atoms with Crippen LogP contribution in [-0.2, 0) is 6.54 Å². The number of nitrogens with one attached hydrogen (secondary N) is 2. The molecule has 0 atom stereocenters. The summed E-state index contributed by atoms with van der Waals surface area (Å²) in [6.07, 6.45) is 2.04. The first-order chi connectivity index (χ1) is 16.5. The fourth-order valence-electron chi connectivity index (χ4n) is 3.23. The first kappa shape index (κ1) is 24.9. The van der Waals surface area contributed by atoms with Crippen LogP contribution in [0.4, 0.5) is 5.69 Å². The second kappa shape index (κ2) is 12.5. The lowest BCUT2D eigenvalue weighted by Crippen LogP contribution is -2.41. The molecule has 0 spiro atoms. The van der Waals surface area contributed by atoms with Crippen molar-refractivity contribution in [1.29, 1.82) is 0 Å². The number of rotatable bonds is 9. The van der Waals surface area contributed by atoms with E-state index in [-0.39, 0.29) is 16.9 Å². The summed E-state index contributed by atoms with van der Waals surface area (Å²) in [4.78, 5) is 27.2. The minimum absolute atomic E-state index is 0.191. The summed E-state index contributed by atoms with van der Waals surface area (Å²) < 4.78 is 5.64.